The molecule has 1 unspecified atom stereocenters. The first-order valence-electron chi connectivity index (χ1n) is 12.9. The maximum atomic E-state index is 13.8. The molecule has 194 valence electrons. The molecule has 3 aromatic rings. The van der Waals surface area contributed by atoms with Gasteiger partial charge in [0.15, 0.2) is 0 Å². The molecule has 0 radical (unpaired) electrons. The standard InChI is InChI=1S/C28H39N5O3/c1-6-21-14-16-22(17-15-21)26(27(35)29-28(4,5)7-2)32(18-11-19-36-8-3)25(34)20-33-24-13-10-9-12-23(24)30-31-33/h9-10,12-17,26H,6-8,11,18-20H2,1-5H3,(H,29,35). The third-order valence-electron chi connectivity index (χ3n) is 6.53. The van der Waals surface area contributed by atoms with Gasteiger partial charge in [0.05, 0.1) is 5.52 Å². The molecule has 0 bridgehead atoms. The molecule has 0 saturated heterocycles. The predicted octanol–water partition coefficient (Wildman–Crippen LogP) is 4.30. The number of benzene rings is 2. The van der Waals surface area contributed by atoms with Crippen LogP contribution in [0.25, 0.3) is 11.0 Å². The predicted molar refractivity (Wildman–Crippen MR) is 141 cm³/mol. The number of carbonyl (C=O) groups excluding carboxylic acids is 2. The highest BCUT2D eigenvalue weighted by molar-refractivity contribution is 5.89. The zero-order valence-electron chi connectivity index (χ0n) is 22.2. The van der Waals surface area contributed by atoms with Crippen LogP contribution in [0.15, 0.2) is 48.5 Å². The summed E-state index contributed by atoms with van der Waals surface area (Å²) in [4.78, 5) is 29.2. The zero-order valence-corrected chi connectivity index (χ0v) is 22.2. The van der Waals surface area contributed by atoms with E-state index in [2.05, 4.69) is 22.6 Å². The van der Waals surface area contributed by atoms with Gasteiger partial charge >= 0.3 is 0 Å². The van der Waals surface area contributed by atoms with Crippen molar-refractivity contribution in [3.8, 4) is 0 Å². The second kappa shape index (κ2) is 12.6. The quantitative estimate of drug-likeness (QED) is 0.359. The van der Waals surface area contributed by atoms with Gasteiger partial charge in [-0.15, -0.1) is 5.10 Å². The lowest BCUT2D eigenvalue weighted by Gasteiger charge is -2.34. The van der Waals surface area contributed by atoms with E-state index in [1.165, 1.54) is 5.56 Å². The maximum absolute atomic E-state index is 13.8. The van der Waals surface area contributed by atoms with Crippen LogP contribution in [0, 0.1) is 0 Å². The first-order valence-corrected chi connectivity index (χ1v) is 12.9. The van der Waals surface area contributed by atoms with Crippen molar-refractivity contribution in [1.82, 2.24) is 25.2 Å². The number of amides is 2. The first kappa shape index (κ1) is 27.3. The Bertz CT molecular complexity index is 1140. The number of hydrogen-bond donors (Lipinski definition) is 1. The molecule has 8 heteroatoms. The molecule has 0 aliphatic heterocycles. The minimum absolute atomic E-state index is 0.0108. The van der Waals surface area contributed by atoms with Gasteiger partial charge in [-0.1, -0.05) is 55.5 Å². The SMILES string of the molecule is CCOCCCN(C(=O)Cn1nnc2ccccc21)C(C(=O)NC(C)(C)CC)c1ccc(CC)cc1. The normalized spacial score (nSPS) is 12.5. The molecule has 36 heavy (non-hydrogen) atoms. The fourth-order valence-electron chi connectivity index (χ4n) is 4.03. The Balaban J connectivity index is 1.98. The average molecular weight is 494 g/mol. The summed E-state index contributed by atoms with van der Waals surface area (Å²) >= 11 is 0. The highest BCUT2D eigenvalue weighted by atomic mass is 16.5. The van der Waals surface area contributed by atoms with Crippen LogP contribution in [-0.2, 0) is 27.3 Å². The van der Waals surface area contributed by atoms with Crippen LogP contribution in [0.3, 0.4) is 0 Å². The lowest BCUT2D eigenvalue weighted by molar-refractivity contribution is -0.142. The molecule has 1 atom stereocenters. The second-order valence-corrected chi connectivity index (χ2v) is 9.60. The third kappa shape index (κ3) is 6.91. The fourth-order valence-corrected chi connectivity index (χ4v) is 4.03. The van der Waals surface area contributed by atoms with Gasteiger partial charge in [0.1, 0.15) is 18.1 Å². The van der Waals surface area contributed by atoms with E-state index in [-0.39, 0.29) is 18.4 Å². The van der Waals surface area contributed by atoms with E-state index in [4.69, 9.17) is 4.74 Å². The maximum Gasteiger partial charge on any atom is 0.247 e. The van der Waals surface area contributed by atoms with Gasteiger partial charge in [-0.25, -0.2) is 4.68 Å². The molecular weight excluding hydrogens is 454 g/mol. The Labute approximate surface area is 214 Å². The van der Waals surface area contributed by atoms with Gasteiger partial charge in [0.25, 0.3) is 0 Å². The smallest absolute Gasteiger partial charge is 0.247 e. The second-order valence-electron chi connectivity index (χ2n) is 9.60. The van der Waals surface area contributed by atoms with Gasteiger partial charge in [-0.05, 0) is 63.3 Å². The molecule has 1 N–H and O–H groups in total. The van der Waals surface area contributed by atoms with Gasteiger partial charge in [-0.3, -0.25) is 9.59 Å². The molecule has 0 fully saturated rings. The van der Waals surface area contributed by atoms with Crippen molar-refractivity contribution in [1.29, 1.82) is 0 Å². The summed E-state index contributed by atoms with van der Waals surface area (Å²) in [5, 5.41) is 11.5. The van der Waals surface area contributed by atoms with Crippen LogP contribution in [0.5, 0.6) is 0 Å². The molecule has 2 aromatic carbocycles. The third-order valence-corrected chi connectivity index (χ3v) is 6.53. The number of nitrogens with zero attached hydrogens (tertiary/aromatic N) is 4. The monoisotopic (exact) mass is 493 g/mol. The van der Waals surface area contributed by atoms with Gasteiger partial charge in [0, 0.05) is 25.3 Å². The van der Waals surface area contributed by atoms with E-state index in [9.17, 15) is 9.59 Å². The minimum atomic E-state index is -0.773. The van der Waals surface area contributed by atoms with E-state index in [1.54, 1.807) is 9.58 Å². The van der Waals surface area contributed by atoms with E-state index in [0.29, 0.717) is 26.2 Å². The van der Waals surface area contributed by atoms with Crippen molar-refractivity contribution in [2.24, 2.45) is 0 Å². The number of rotatable bonds is 13. The van der Waals surface area contributed by atoms with Gasteiger partial charge < -0.3 is 15.0 Å². The molecule has 0 aliphatic carbocycles. The lowest BCUT2D eigenvalue weighted by atomic mass is 9.97. The number of carbonyl (C=O) groups is 2. The van der Waals surface area contributed by atoms with E-state index < -0.39 is 11.6 Å². The molecule has 0 spiro atoms. The Morgan fingerprint density at radius 1 is 1.08 bits per heavy atom. The summed E-state index contributed by atoms with van der Waals surface area (Å²) in [6.45, 7) is 11.5. The Kier molecular flexibility index (Phi) is 9.58. The van der Waals surface area contributed by atoms with Crippen LogP contribution >= 0.6 is 0 Å². The molecule has 8 nitrogen and oxygen atoms in total. The van der Waals surface area contributed by atoms with Crippen LogP contribution in [0.4, 0.5) is 0 Å². The van der Waals surface area contributed by atoms with Crippen molar-refractivity contribution < 1.29 is 14.3 Å². The number of nitrogens with one attached hydrogen (secondary N) is 1. The van der Waals surface area contributed by atoms with Crippen molar-refractivity contribution >= 4 is 22.8 Å². The molecule has 1 aromatic heterocycles. The topological polar surface area (TPSA) is 89.3 Å². The summed E-state index contributed by atoms with van der Waals surface area (Å²) in [6.07, 6.45) is 2.28. The molecule has 1 heterocycles. The summed E-state index contributed by atoms with van der Waals surface area (Å²) < 4.78 is 7.13. The highest BCUT2D eigenvalue weighted by Crippen LogP contribution is 2.25. The number of para-hydroxylation sites is 1. The Morgan fingerprint density at radius 2 is 1.81 bits per heavy atom. The van der Waals surface area contributed by atoms with E-state index in [0.717, 1.165) is 29.4 Å². The lowest BCUT2D eigenvalue weighted by Crippen LogP contribution is -2.51. The van der Waals surface area contributed by atoms with Crippen LogP contribution in [-0.4, -0.2) is 57.0 Å². The Morgan fingerprint density at radius 3 is 2.47 bits per heavy atom. The van der Waals surface area contributed by atoms with Gasteiger partial charge in [0.2, 0.25) is 11.8 Å². The number of aromatic nitrogens is 3. The van der Waals surface area contributed by atoms with Crippen molar-refractivity contribution in [2.45, 2.75) is 72.0 Å². The number of fused-ring (bicyclic) bond motifs is 1. The van der Waals surface area contributed by atoms with Crippen LogP contribution < -0.4 is 5.32 Å². The van der Waals surface area contributed by atoms with E-state index in [1.807, 2.05) is 76.2 Å². The molecule has 3 rings (SSSR count). The average Bonchev–Trinajstić information content (AvgIpc) is 3.28. The zero-order chi connectivity index (χ0) is 26.1. The minimum Gasteiger partial charge on any atom is -0.382 e. The first-order chi connectivity index (χ1) is 17.3. The molecule has 0 aliphatic rings. The van der Waals surface area contributed by atoms with Crippen molar-refractivity contribution in [2.75, 3.05) is 19.8 Å². The van der Waals surface area contributed by atoms with Crippen LogP contribution in [0.2, 0.25) is 0 Å². The summed E-state index contributed by atoms with van der Waals surface area (Å²) in [7, 11) is 0. The summed E-state index contributed by atoms with van der Waals surface area (Å²) in [5.41, 5.74) is 3.06. The molecule has 0 saturated carbocycles. The molecule has 2 amide bonds. The van der Waals surface area contributed by atoms with Gasteiger partial charge in [-0.2, -0.15) is 0 Å². The van der Waals surface area contributed by atoms with Crippen LogP contribution in [0.1, 0.15) is 64.6 Å². The number of hydrogen-bond acceptors (Lipinski definition) is 5. The molecular formula is C28H39N5O3. The summed E-state index contributed by atoms with van der Waals surface area (Å²) in [6, 6.07) is 14.7. The fraction of sp³-hybridized carbons (Fsp3) is 0.500. The van der Waals surface area contributed by atoms with Crippen molar-refractivity contribution in [3.05, 3.63) is 59.7 Å². The largest absolute Gasteiger partial charge is 0.382 e. The van der Waals surface area contributed by atoms with E-state index >= 15 is 0 Å². The number of aryl methyl sites for hydroxylation is 1. The van der Waals surface area contributed by atoms with Crippen molar-refractivity contribution in [3.63, 3.8) is 0 Å². The number of ether oxygens (including phenoxy) is 1. The highest BCUT2D eigenvalue weighted by Gasteiger charge is 2.34. The Hall–Kier alpha value is -3.26. The summed E-state index contributed by atoms with van der Waals surface area (Å²) in [5.74, 6) is -0.393.